The maximum atomic E-state index is 11.4. The number of carbonyl (C=O) groups excluding carboxylic acids is 1. The van der Waals surface area contributed by atoms with Gasteiger partial charge in [-0.3, -0.25) is 4.79 Å². The van der Waals surface area contributed by atoms with Crippen LogP contribution >= 0.6 is 15.9 Å². The zero-order chi connectivity index (χ0) is 12.4. The normalized spacial score (nSPS) is 20.5. The number of ether oxygens (including phenoxy) is 1. The lowest BCUT2D eigenvalue weighted by molar-refractivity contribution is -0.120. The van der Waals surface area contributed by atoms with Gasteiger partial charge in [0, 0.05) is 29.9 Å². The highest BCUT2D eigenvalue weighted by molar-refractivity contribution is 9.10. The van der Waals surface area contributed by atoms with E-state index in [9.17, 15) is 4.79 Å². The molecule has 1 unspecified atom stereocenters. The number of ketones is 1. The van der Waals surface area contributed by atoms with Crippen molar-refractivity contribution in [3.63, 3.8) is 0 Å². The van der Waals surface area contributed by atoms with Gasteiger partial charge in [-0.1, -0.05) is 15.9 Å². The summed E-state index contributed by atoms with van der Waals surface area (Å²) in [6, 6.07) is 6.19. The lowest BCUT2D eigenvalue weighted by Gasteiger charge is -2.35. The maximum Gasteiger partial charge on any atom is 0.142 e. The van der Waals surface area contributed by atoms with Gasteiger partial charge in [-0.05, 0) is 25.1 Å². The third-order valence-electron chi connectivity index (χ3n) is 3.14. The van der Waals surface area contributed by atoms with Gasteiger partial charge < -0.3 is 9.64 Å². The van der Waals surface area contributed by atoms with Crippen LogP contribution in [-0.4, -0.2) is 25.5 Å². The van der Waals surface area contributed by atoms with E-state index in [1.54, 1.807) is 7.11 Å². The van der Waals surface area contributed by atoms with Crippen molar-refractivity contribution in [1.82, 2.24) is 0 Å². The average Bonchev–Trinajstić information content (AvgIpc) is 2.29. The summed E-state index contributed by atoms with van der Waals surface area (Å²) in [5.74, 6) is 1.21. The summed E-state index contributed by atoms with van der Waals surface area (Å²) in [7, 11) is 1.67. The molecular weight excluding hydrogens is 282 g/mol. The number of hydrogen-bond donors (Lipinski definition) is 0. The number of carbonyl (C=O) groups is 1. The number of hydrogen-bond acceptors (Lipinski definition) is 3. The van der Waals surface area contributed by atoms with Crippen molar-refractivity contribution >= 4 is 27.4 Å². The van der Waals surface area contributed by atoms with Crippen molar-refractivity contribution in [3.05, 3.63) is 22.7 Å². The molecule has 1 aromatic carbocycles. The Balaban J connectivity index is 2.32. The summed E-state index contributed by atoms with van der Waals surface area (Å²) in [6.45, 7) is 2.85. The van der Waals surface area contributed by atoms with E-state index in [1.165, 1.54) is 0 Å². The molecule has 4 heteroatoms. The number of piperidine rings is 1. The molecule has 92 valence electrons. The van der Waals surface area contributed by atoms with E-state index in [2.05, 4.69) is 27.8 Å². The second-order valence-electron chi connectivity index (χ2n) is 4.35. The minimum absolute atomic E-state index is 0.236. The Morgan fingerprint density at radius 1 is 1.47 bits per heavy atom. The van der Waals surface area contributed by atoms with Gasteiger partial charge in [0.2, 0.25) is 0 Å². The molecule has 0 aliphatic carbocycles. The molecule has 1 aliphatic heterocycles. The summed E-state index contributed by atoms with van der Waals surface area (Å²) in [4.78, 5) is 13.6. The molecule has 0 aromatic heterocycles. The Labute approximate surface area is 110 Å². The fourth-order valence-corrected chi connectivity index (χ4v) is 2.60. The van der Waals surface area contributed by atoms with Crippen molar-refractivity contribution < 1.29 is 9.53 Å². The summed E-state index contributed by atoms with van der Waals surface area (Å²) >= 11 is 3.47. The zero-order valence-corrected chi connectivity index (χ0v) is 11.7. The highest BCUT2D eigenvalue weighted by Crippen LogP contribution is 2.34. The van der Waals surface area contributed by atoms with E-state index in [0.29, 0.717) is 18.6 Å². The summed E-state index contributed by atoms with van der Waals surface area (Å²) < 4.78 is 6.41. The van der Waals surface area contributed by atoms with Gasteiger partial charge in [0.25, 0.3) is 0 Å². The van der Waals surface area contributed by atoms with Crippen molar-refractivity contribution in [2.24, 2.45) is 0 Å². The van der Waals surface area contributed by atoms with Crippen LogP contribution < -0.4 is 9.64 Å². The Bertz CT molecular complexity index is 433. The predicted octanol–water partition coefficient (Wildman–Crippen LogP) is 3.02. The first-order chi connectivity index (χ1) is 8.11. The first-order valence-electron chi connectivity index (χ1n) is 5.73. The van der Waals surface area contributed by atoms with Gasteiger partial charge in [0.05, 0.1) is 12.8 Å². The second kappa shape index (κ2) is 5.08. The average molecular weight is 298 g/mol. The second-order valence-corrected chi connectivity index (χ2v) is 5.27. The van der Waals surface area contributed by atoms with Gasteiger partial charge >= 0.3 is 0 Å². The van der Waals surface area contributed by atoms with E-state index in [-0.39, 0.29) is 6.04 Å². The lowest BCUT2D eigenvalue weighted by atomic mass is 10.0. The van der Waals surface area contributed by atoms with Gasteiger partial charge in [0.1, 0.15) is 11.5 Å². The van der Waals surface area contributed by atoms with Crippen LogP contribution in [0.4, 0.5) is 5.69 Å². The van der Waals surface area contributed by atoms with Crippen molar-refractivity contribution in [2.75, 3.05) is 18.6 Å². The van der Waals surface area contributed by atoms with Crippen LogP contribution in [-0.2, 0) is 4.79 Å². The monoisotopic (exact) mass is 297 g/mol. The molecule has 17 heavy (non-hydrogen) atoms. The Hall–Kier alpha value is -1.03. The third kappa shape index (κ3) is 2.63. The summed E-state index contributed by atoms with van der Waals surface area (Å²) in [6.07, 6.45) is 1.25. The molecule has 0 radical (unpaired) electrons. The quantitative estimate of drug-likeness (QED) is 0.840. The fraction of sp³-hybridized carbons (Fsp3) is 0.462. The number of rotatable bonds is 2. The number of Topliss-reactive ketones (excluding diaryl/α,β-unsaturated/α-hetero) is 1. The van der Waals surface area contributed by atoms with E-state index in [4.69, 9.17) is 4.74 Å². The smallest absolute Gasteiger partial charge is 0.142 e. The van der Waals surface area contributed by atoms with E-state index >= 15 is 0 Å². The standard InChI is InChI=1S/C13H16BrNO2/c1-9-7-11(16)5-6-15(9)12-8-10(14)3-4-13(12)17-2/h3-4,8-9H,5-7H2,1-2H3. The van der Waals surface area contributed by atoms with Crippen LogP contribution in [0.3, 0.4) is 0 Å². The number of nitrogens with zero attached hydrogens (tertiary/aromatic N) is 1. The molecule has 3 nitrogen and oxygen atoms in total. The Morgan fingerprint density at radius 2 is 2.24 bits per heavy atom. The molecule has 1 atom stereocenters. The summed E-state index contributed by atoms with van der Waals surface area (Å²) in [5.41, 5.74) is 1.06. The van der Waals surface area contributed by atoms with E-state index in [0.717, 1.165) is 22.5 Å². The number of benzene rings is 1. The number of anilines is 1. The topological polar surface area (TPSA) is 29.5 Å². The van der Waals surface area contributed by atoms with Crippen LogP contribution in [0.25, 0.3) is 0 Å². The highest BCUT2D eigenvalue weighted by Gasteiger charge is 2.25. The molecular formula is C13H16BrNO2. The predicted molar refractivity (Wildman–Crippen MR) is 71.7 cm³/mol. The molecule has 0 amide bonds. The molecule has 0 bridgehead atoms. The van der Waals surface area contributed by atoms with E-state index in [1.807, 2.05) is 18.2 Å². The van der Waals surface area contributed by atoms with Gasteiger partial charge in [0.15, 0.2) is 0 Å². The Morgan fingerprint density at radius 3 is 2.88 bits per heavy atom. The Kier molecular flexibility index (Phi) is 3.72. The first-order valence-corrected chi connectivity index (χ1v) is 6.53. The SMILES string of the molecule is COc1ccc(Br)cc1N1CCC(=O)CC1C. The fourth-order valence-electron chi connectivity index (χ4n) is 2.25. The van der Waals surface area contributed by atoms with Gasteiger partial charge in [-0.15, -0.1) is 0 Å². The minimum Gasteiger partial charge on any atom is -0.495 e. The molecule has 0 N–H and O–H groups in total. The van der Waals surface area contributed by atoms with Crippen LogP contribution in [0.1, 0.15) is 19.8 Å². The molecule has 1 fully saturated rings. The highest BCUT2D eigenvalue weighted by atomic mass is 79.9. The first kappa shape index (κ1) is 12.4. The van der Waals surface area contributed by atoms with Crippen LogP contribution in [0.2, 0.25) is 0 Å². The van der Waals surface area contributed by atoms with Crippen LogP contribution in [0.15, 0.2) is 22.7 Å². The molecule has 2 rings (SSSR count). The molecule has 1 heterocycles. The minimum atomic E-state index is 0.236. The zero-order valence-electron chi connectivity index (χ0n) is 10.1. The third-order valence-corrected chi connectivity index (χ3v) is 3.63. The summed E-state index contributed by atoms with van der Waals surface area (Å²) in [5, 5.41) is 0. The molecule has 1 aliphatic rings. The van der Waals surface area contributed by atoms with E-state index < -0.39 is 0 Å². The van der Waals surface area contributed by atoms with Crippen molar-refractivity contribution in [2.45, 2.75) is 25.8 Å². The number of methoxy groups -OCH3 is 1. The van der Waals surface area contributed by atoms with Gasteiger partial charge in [-0.25, -0.2) is 0 Å². The van der Waals surface area contributed by atoms with Crippen LogP contribution in [0.5, 0.6) is 5.75 Å². The van der Waals surface area contributed by atoms with Gasteiger partial charge in [-0.2, -0.15) is 0 Å². The molecule has 0 spiro atoms. The lowest BCUT2D eigenvalue weighted by Crippen LogP contribution is -2.41. The number of halogens is 1. The van der Waals surface area contributed by atoms with Crippen LogP contribution in [0, 0.1) is 0 Å². The molecule has 1 aromatic rings. The largest absolute Gasteiger partial charge is 0.495 e. The van der Waals surface area contributed by atoms with Crippen molar-refractivity contribution in [3.8, 4) is 5.75 Å². The molecule has 0 saturated carbocycles. The molecule has 1 saturated heterocycles. The maximum absolute atomic E-state index is 11.4. The van der Waals surface area contributed by atoms with Crippen molar-refractivity contribution in [1.29, 1.82) is 0 Å².